The van der Waals surface area contributed by atoms with Crippen LogP contribution in [0.15, 0.2) is 58.4 Å². The summed E-state index contributed by atoms with van der Waals surface area (Å²) in [6.07, 6.45) is 0.705. The van der Waals surface area contributed by atoms with E-state index in [4.69, 9.17) is 0 Å². The van der Waals surface area contributed by atoms with Crippen LogP contribution in [0, 0.1) is 0 Å². The van der Waals surface area contributed by atoms with Gasteiger partial charge in [-0.2, -0.15) is 0 Å². The summed E-state index contributed by atoms with van der Waals surface area (Å²) in [6, 6.07) is 14.3. The molecule has 0 aliphatic carbocycles. The third-order valence-corrected chi connectivity index (χ3v) is 6.44. The second-order valence-electron chi connectivity index (χ2n) is 6.78. The maximum absolute atomic E-state index is 12.5. The van der Waals surface area contributed by atoms with E-state index in [2.05, 4.69) is 20.9 Å². The fourth-order valence-corrected chi connectivity index (χ4v) is 3.95. The normalized spacial score (nSPS) is 11.6. The molecule has 0 saturated heterocycles. The molecule has 1 amide bonds. The third kappa shape index (κ3) is 7.47. The molecule has 0 spiro atoms. The molecule has 0 atom stereocenters. The highest BCUT2D eigenvalue weighted by atomic mass is 127. The molecule has 0 aliphatic rings. The van der Waals surface area contributed by atoms with Gasteiger partial charge in [-0.3, -0.25) is 9.79 Å². The van der Waals surface area contributed by atoms with Crippen LogP contribution in [-0.2, 0) is 23.0 Å². The number of aliphatic imine (C=N–C) groups is 1. The Kier molecular flexibility index (Phi) is 10.9. The molecule has 3 N–H and O–H groups in total. The fourth-order valence-electron chi connectivity index (χ4n) is 2.84. The van der Waals surface area contributed by atoms with Gasteiger partial charge < -0.3 is 16.0 Å². The van der Waals surface area contributed by atoms with Crippen LogP contribution < -0.4 is 16.0 Å². The van der Waals surface area contributed by atoms with Crippen molar-refractivity contribution in [2.24, 2.45) is 4.99 Å². The van der Waals surface area contributed by atoms with Gasteiger partial charge in [0.25, 0.3) is 5.91 Å². The van der Waals surface area contributed by atoms with Gasteiger partial charge in [0, 0.05) is 46.8 Å². The predicted molar refractivity (Wildman–Crippen MR) is 134 cm³/mol. The highest BCUT2D eigenvalue weighted by molar-refractivity contribution is 14.0. The van der Waals surface area contributed by atoms with Gasteiger partial charge in [-0.1, -0.05) is 30.3 Å². The van der Waals surface area contributed by atoms with Crippen LogP contribution in [0.2, 0.25) is 0 Å². The largest absolute Gasteiger partial charge is 0.356 e. The lowest BCUT2D eigenvalue weighted by Crippen LogP contribution is -2.38. The summed E-state index contributed by atoms with van der Waals surface area (Å²) in [5.41, 5.74) is 2.31. The van der Waals surface area contributed by atoms with Gasteiger partial charge in [0.05, 0.1) is 4.90 Å². The molecule has 10 heteroatoms. The van der Waals surface area contributed by atoms with Crippen LogP contribution in [0.4, 0.5) is 0 Å². The first-order valence-corrected chi connectivity index (χ1v) is 11.0. The molecule has 0 radical (unpaired) electrons. The van der Waals surface area contributed by atoms with Gasteiger partial charge in [-0.25, -0.2) is 12.7 Å². The van der Waals surface area contributed by atoms with Crippen molar-refractivity contribution in [1.82, 2.24) is 20.3 Å². The van der Waals surface area contributed by atoms with Crippen molar-refractivity contribution >= 4 is 45.9 Å². The van der Waals surface area contributed by atoms with E-state index < -0.39 is 10.0 Å². The van der Waals surface area contributed by atoms with Crippen LogP contribution in [-0.4, -0.2) is 59.3 Å². The molecule has 0 aromatic heterocycles. The number of sulfonamides is 1. The summed E-state index contributed by atoms with van der Waals surface area (Å²) in [7, 11) is 2.76. The first kappa shape index (κ1) is 26.9. The summed E-state index contributed by atoms with van der Waals surface area (Å²) in [6.45, 7) is 0.920. The van der Waals surface area contributed by atoms with E-state index in [1.54, 1.807) is 44.4 Å². The molecule has 0 aliphatic heterocycles. The zero-order valence-corrected chi connectivity index (χ0v) is 21.3. The summed E-state index contributed by atoms with van der Waals surface area (Å²) >= 11 is 0. The van der Waals surface area contributed by atoms with E-state index in [-0.39, 0.29) is 34.8 Å². The van der Waals surface area contributed by atoms with Crippen LogP contribution in [0.1, 0.15) is 21.5 Å². The molecule has 31 heavy (non-hydrogen) atoms. The quantitative estimate of drug-likeness (QED) is 0.260. The zero-order chi connectivity index (χ0) is 22.1. The molecular formula is C21H30IN5O3S. The molecule has 0 heterocycles. The molecule has 0 bridgehead atoms. The molecular weight excluding hydrogens is 529 g/mol. The molecule has 170 valence electrons. The van der Waals surface area contributed by atoms with E-state index >= 15 is 0 Å². The Morgan fingerprint density at radius 2 is 1.77 bits per heavy atom. The van der Waals surface area contributed by atoms with Gasteiger partial charge in [-0.15, -0.1) is 24.0 Å². The van der Waals surface area contributed by atoms with Gasteiger partial charge in [0.1, 0.15) is 0 Å². The number of benzene rings is 2. The number of nitrogens with zero attached hydrogens (tertiary/aromatic N) is 2. The minimum Gasteiger partial charge on any atom is -0.356 e. The molecule has 0 saturated carbocycles. The van der Waals surface area contributed by atoms with Gasteiger partial charge in [0.15, 0.2) is 5.96 Å². The van der Waals surface area contributed by atoms with Gasteiger partial charge >= 0.3 is 0 Å². The topological polar surface area (TPSA) is 103 Å². The third-order valence-electron chi connectivity index (χ3n) is 4.52. The van der Waals surface area contributed by atoms with Crippen molar-refractivity contribution in [3.8, 4) is 0 Å². The van der Waals surface area contributed by atoms with Crippen LogP contribution in [0.3, 0.4) is 0 Å². The number of carbonyl (C=O) groups is 1. The first-order chi connectivity index (χ1) is 14.3. The van der Waals surface area contributed by atoms with Crippen LogP contribution >= 0.6 is 24.0 Å². The summed E-state index contributed by atoms with van der Waals surface area (Å²) in [5, 5.41) is 8.98. The number of amides is 1. The predicted octanol–water partition coefficient (Wildman–Crippen LogP) is 1.82. The standard InChI is InChI=1S/C21H29N5O3S.HI/c1-22-20(27)17-10-7-8-16(14-17)12-13-24-21(23-2)25-15-18-9-5-6-11-19(18)30(28,29)26(3)4;/h5-11,14H,12-13,15H2,1-4H3,(H,22,27)(H2,23,24,25);1H. The summed E-state index contributed by atoms with van der Waals surface area (Å²) < 4.78 is 26.2. The Morgan fingerprint density at radius 1 is 1.06 bits per heavy atom. The van der Waals surface area contributed by atoms with Gasteiger partial charge in [0.2, 0.25) is 10.0 Å². The number of hydrogen-bond donors (Lipinski definition) is 3. The molecule has 2 aromatic carbocycles. The van der Waals surface area contributed by atoms with Crippen molar-refractivity contribution < 1.29 is 13.2 Å². The second-order valence-corrected chi connectivity index (χ2v) is 8.90. The number of hydrogen-bond acceptors (Lipinski definition) is 4. The number of guanidine groups is 1. The number of nitrogens with one attached hydrogen (secondary N) is 3. The smallest absolute Gasteiger partial charge is 0.251 e. The van der Waals surface area contributed by atoms with E-state index in [0.29, 0.717) is 36.6 Å². The van der Waals surface area contributed by atoms with Crippen molar-refractivity contribution in [1.29, 1.82) is 0 Å². The Balaban J connectivity index is 0.00000480. The molecule has 0 unspecified atom stereocenters. The van der Waals surface area contributed by atoms with Gasteiger partial charge in [-0.05, 0) is 35.7 Å². The number of rotatable bonds is 8. The average molecular weight is 559 g/mol. The maximum Gasteiger partial charge on any atom is 0.251 e. The van der Waals surface area contributed by atoms with Crippen molar-refractivity contribution in [2.75, 3.05) is 34.7 Å². The van der Waals surface area contributed by atoms with E-state index in [1.165, 1.54) is 18.4 Å². The van der Waals surface area contributed by atoms with Crippen molar-refractivity contribution in [3.05, 3.63) is 65.2 Å². The van der Waals surface area contributed by atoms with E-state index in [1.807, 2.05) is 18.2 Å². The Morgan fingerprint density at radius 3 is 2.42 bits per heavy atom. The number of carbonyl (C=O) groups excluding carboxylic acids is 1. The average Bonchev–Trinajstić information content (AvgIpc) is 2.75. The van der Waals surface area contributed by atoms with Crippen molar-refractivity contribution in [2.45, 2.75) is 17.9 Å². The van der Waals surface area contributed by atoms with Crippen molar-refractivity contribution in [3.63, 3.8) is 0 Å². The van der Waals surface area contributed by atoms with Crippen LogP contribution in [0.25, 0.3) is 0 Å². The SMILES string of the molecule is CN=C(NCCc1cccc(C(=O)NC)c1)NCc1ccccc1S(=O)(=O)N(C)C.I. The Bertz CT molecular complexity index is 1010. The lowest BCUT2D eigenvalue weighted by atomic mass is 10.1. The highest BCUT2D eigenvalue weighted by Gasteiger charge is 2.20. The fraction of sp³-hybridized carbons (Fsp3) is 0.333. The molecule has 0 fully saturated rings. The minimum atomic E-state index is -3.53. The second kappa shape index (κ2) is 12.6. The Hall–Kier alpha value is -2.18. The van der Waals surface area contributed by atoms with E-state index in [9.17, 15) is 13.2 Å². The van der Waals surface area contributed by atoms with Crippen LogP contribution in [0.5, 0.6) is 0 Å². The van der Waals surface area contributed by atoms with E-state index in [0.717, 1.165) is 5.56 Å². The summed E-state index contributed by atoms with van der Waals surface area (Å²) in [5.74, 6) is 0.447. The Labute approximate surface area is 201 Å². The number of halogens is 1. The molecule has 2 aromatic rings. The maximum atomic E-state index is 12.5. The highest BCUT2D eigenvalue weighted by Crippen LogP contribution is 2.18. The zero-order valence-electron chi connectivity index (χ0n) is 18.2. The summed E-state index contributed by atoms with van der Waals surface area (Å²) in [4.78, 5) is 16.2. The minimum absolute atomic E-state index is 0. The molecule has 8 nitrogen and oxygen atoms in total. The first-order valence-electron chi connectivity index (χ1n) is 9.55. The monoisotopic (exact) mass is 559 g/mol. The molecule has 2 rings (SSSR count). The lowest BCUT2D eigenvalue weighted by molar-refractivity contribution is 0.0963. The lowest BCUT2D eigenvalue weighted by Gasteiger charge is -2.17.